The number of benzene rings is 1. The number of anilines is 1. The third-order valence-electron chi connectivity index (χ3n) is 3.07. The van der Waals surface area contributed by atoms with E-state index in [0.717, 1.165) is 24.5 Å². The molecule has 16 heavy (non-hydrogen) atoms. The monoisotopic (exact) mass is 219 g/mol. The molecule has 4 heteroatoms. The van der Waals surface area contributed by atoms with Crippen LogP contribution < -0.4 is 11.2 Å². The first-order valence-corrected chi connectivity index (χ1v) is 5.25. The van der Waals surface area contributed by atoms with E-state index in [9.17, 15) is 8.78 Å². The molecule has 82 valence electrons. The summed E-state index contributed by atoms with van der Waals surface area (Å²) in [6.45, 7) is 1.97. The van der Waals surface area contributed by atoms with Gasteiger partial charge in [0.15, 0.2) is 0 Å². The summed E-state index contributed by atoms with van der Waals surface area (Å²) in [5.41, 5.74) is 6.15. The van der Waals surface area contributed by atoms with Gasteiger partial charge in [-0.3, -0.25) is 0 Å². The Balaban J connectivity index is 2.64. The molecule has 1 aliphatic carbocycles. The van der Waals surface area contributed by atoms with Gasteiger partial charge in [0.2, 0.25) is 0 Å². The Hall–Kier alpha value is -1.32. The van der Waals surface area contributed by atoms with Crippen molar-refractivity contribution in [2.24, 2.45) is 5.92 Å². The van der Waals surface area contributed by atoms with Crippen molar-refractivity contribution in [2.45, 2.75) is 19.8 Å². The number of halogens is 2. The van der Waals surface area contributed by atoms with Gasteiger partial charge in [0.05, 0.1) is 5.69 Å². The number of nitrogens with two attached hydrogens (primary N) is 1. The molecule has 2 N–H and O–H groups in total. The lowest BCUT2D eigenvalue weighted by Gasteiger charge is -2.15. The molecule has 1 unspecified atom stereocenters. The first kappa shape index (κ1) is 11.2. The third-order valence-corrected chi connectivity index (χ3v) is 3.07. The van der Waals surface area contributed by atoms with E-state index in [1.54, 1.807) is 0 Å². The van der Waals surface area contributed by atoms with Crippen LogP contribution in [0, 0.1) is 17.6 Å². The highest BCUT2D eigenvalue weighted by molar-refractivity contribution is 6.32. The van der Waals surface area contributed by atoms with Gasteiger partial charge in [-0.25, -0.2) is 8.78 Å². The largest absolute Gasteiger partial charge is 0.396 e. The number of allylic oxidation sites excluding steroid dienone is 2. The van der Waals surface area contributed by atoms with E-state index in [0.29, 0.717) is 0 Å². The van der Waals surface area contributed by atoms with Crippen molar-refractivity contribution in [3.05, 3.63) is 29.3 Å². The van der Waals surface area contributed by atoms with Crippen molar-refractivity contribution in [1.82, 2.24) is 0 Å². The van der Waals surface area contributed by atoms with Gasteiger partial charge in [0.1, 0.15) is 19.5 Å². The van der Waals surface area contributed by atoms with Crippen LogP contribution in [0.1, 0.15) is 25.3 Å². The van der Waals surface area contributed by atoms with Gasteiger partial charge in [-0.05, 0) is 30.4 Å². The van der Waals surface area contributed by atoms with E-state index in [4.69, 9.17) is 13.6 Å². The summed E-state index contributed by atoms with van der Waals surface area (Å²) in [5.74, 6) is -1.08. The quantitative estimate of drug-likeness (QED) is 0.568. The number of rotatable bonds is 1. The molecule has 0 heterocycles. The molecular formula is C12H12BF2N. The molecule has 0 aliphatic heterocycles. The molecule has 2 rings (SSSR count). The second-order valence-corrected chi connectivity index (χ2v) is 4.19. The standard InChI is InChI=1S/C12H12BF2N/c1-6-3-2-4-7(6)10-11(15)8(13)5-9(14)12(10)16/h4-6H,2-3,16H2,1H3. The maximum Gasteiger partial charge on any atom is 0.146 e. The average Bonchev–Trinajstić information content (AvgIpc) is 2.63. The Morgan fingerprint density at radius 2 is 2.12 bits per heavy atom. The van der Waals surface area contributed by atoms with Crippen molar-refractivity contribution < 1.29 is 8.78 Å². The predicted octanol–water partition coefficient (Wildman–Crippen LogP) is 2.15. The third kappa shape index (κ3) is 1.62. The molecule has 0 aromatic heterocycles. The van der Waals surface area contributed by atoms with Gasteiger partial charge in [-0.15, -0.1) is 0 Å². The second kappa shape index (κ2) is 3.93. The lowest BCUT2D eigenvalue weighted by Crippen LogP contribution is -2.16. The van der Waals surface area contributed by atoms with Crippen LogP contribution in [-0.4, -0.2) is 7.85 Å². The lowest BCUT2D eigenvalue weighted by molar-refractivity contribution is 0.604. The van der Waals surface area contributed by atoms with Crippen LogP contribution in [0.3, 0.4) is 0 Å². The number of hydrogen-bond acceptors (Lipinski definition) is 1. The van der Waals surface area contributed by atoms with Crippen LogP contribution in [0.2, 0.25) is 0 Å². The molecule has 1 nitrogen and oxygen atoms in total. The van der Waals surface area contributed by atoms with Crippen molar-refractivity contribution in [1.29, 1.82) is 0 Å². The Morgan fingerprint density at radius 3 is 2.69 bits per heavy atom. The predicted molar refractivity (Wildman–Crippen MR) is 62.5 cm³/mol. The Kier molecular flexibility index (Phi) is 2.74. The summed E-state index contributed by atoms with van der Waals surface area (Å²) < 4.78 is 27.3. The van der Waals surface area contributed by atoms with E-state index in [2.05, 4.69) is 0 Å². The number of hydrogen-bond donors (Lipinski definition) is 1. The first-order valence-electron chi connectivity index (χ1n) is 5.25. The van der Waals surface area contributed by atoms with Crippen molar-refractivity contribution in [2.75, 3.05) is 5.73 Å². The van der Waals surface area contributed by atoms with Crippen LogP contribution >= 0.6 is 0 Å². The van der Waals surface area contributed by atoms with Crippen LogP contribution in [0.15, 0.2) is 12.1 Å². The highest BCUT2D eigenvalue weighted by atomic mass is 19.1. The fourth-order valence-corrected chi connectivity index (χ4v) is 2.14. The van der Waals surface area contributed by atoms with Crippen molar-refractivity contribution >= 4 is 24.6 Å². The summed E-state index contributed by atoms with van der Waals surface area (Å²) in [4.78, 5) is 0. The van der Waals surface area contributed by atoms with E-state index >= 15 is 0 Å². The zero-order chi connectivity index (χ0) is 11.9. The fraction of sp³-hybridized carbons (Fsp3) is 0.333. The zero-order valence-electron chi connectivity index (χ0n) is 9.06. The average molecular weight is 219 g/mol. The first-order chi connectivity index (χ1) is 7.52. The lowest BCUT2D eigenvalue weighted by atomic mass is 9.87. The minimum atomic E-state index is -0.658. The maximum atomic E-state index is 13.9. The minimum Gasteiger partial charge on any atom is -0.396 e. The highest BCUT2D eigenvalue weighted by Gasteiger charge is 2.23. The molecule has 0 spiro atoms. The highest BCUT2D eigenvalue weighted by Crippen LogP contribution is 2.37. The van der Waals surface area contributed by atoms with E-state index < -0.39 is 11.6 Å². The molecule has 1 aromatic rings. The Labute approximate surface area is 94.7 Å². The van der Waals surface area contributed by atoms with Gasteiger partial charge in [-0.1, -0.05) is 18.5 Å². The van der Waals surface area contributed by atoms with Gasteiger partial charge >= 0.3 is 0 Å². The molecule has 0 amide bonds. The van der Waals surface area contributed by atoms with Crippen LogP contribution in [-0.2, 0) is 0 Å². The normalized spacial score (nSPS) is 19.9. The molecule has 0 fully saturated rings. The molecule has 1 aliphatic rings. The molecule has 0 saturated heterocycles. The molecule has 0 saturated carbocycles. The SMILES string of the molecule is [B]c1cc(F)c(N)c(C2=CCCC2C)c1F. The van der Waals surface area contributed by atoms with Gasteiger partial charge in [-0.2, -0.15) is 0 Å². The van der Waals surface area contributed by atoms with E-state index in [1.165, 1.54) is 0 Å². The summed E-state index contributed by atoms with van der Waals surface area (Å²) in [6.07, 6.45) is 3.70. The maximum absolute atomic E-state index is 13.9. The summed E-state index contributed by atoms with van der Waals surface area (Å²) in [7, 11) is 5.41. The second-order valence-electron chi connectivity index (χ2n) is 4.19. The minimum absolute atomic E-state index is 0.141. The summed E-state index contributed by atoms with van der Waals surface area (Å²) in [5, 5.41) is 0. The zero-order valence-corrected chi connectivity index (χ0v) is 9.06. The molecule has 1 atom stereocenters. The Bertz CT molecular complexity index is 442. The van der Waals surface area contributed by atoms with Crippen LogP contribution in [0.4, 0.5) is 14.5 Å². The fourth-order valence-electron chi connectivity index (χ4n) is 2.14. The molecule has 2 radical (unpaired) electrons. The molecule has 1 aromatic carbocycles. The van der Waals surface area contributed by atoms with E-state index in [-0.39, 0.29) is 22.6 Å². The van der Waals surface area contributed by atoms with E-state index in [1.807, 2.05) is 13.0 Å². The van der Waals surface area contributed by atoms with Gasteiger partial charge in [0.25, 0.3) is 0 Å². The summed E-state index contributed by atoms with van der Waals surface area (Å²) in [6, 6.07) is 0.925. The van der Waals surface area contributed by atoms with Crippen molar-refractivity contribution in [3.63, 3.8) is 0 Å². The van der Waals surface area contributed by atoms with Crippen LogP contribution in [0.5, 0.6) is 0 Å². The smallest absolute Gasteiger partial charge is 0.146 e. The molecular weight excluding hydrogens is 207 g/mol. The van der Waals surface area contributed by atoms with Gasteiger partial charge in [0, 0.05) is 5.56 Å². The Morgan fingerprint density at radius 1 is 1.44 bits per heavy atom. The summed E-state index contributed by atoms with van der Waals surface area (Å²) >= 11 is 0. The number of nitrogen functional groups attached to an aromatic ring is 1. The van der Waals surface area contributed by atoms with Crippen molar-refractivity contribution in [3.8, 4) is 0 Å². The van der Waals surface area contributed by atoms with Gasteiger partial charge < -0.3 is 5.73 Å². The topological polar surface area (TPSA) is 26.0 Å². The van der Waals surface area contributed by atoms with Crippen LogP contribution in [0.25, 0.3) is 5.57 Å². The molecule has 0 bridgehead atoms.